The van der Waals surface area contributed by atoms with Crippen molar-refractivity contribution in [1.82, 2.24) is 5.32 Å². The summed E-state index contributed by atoms with van der Waals surface area (Å²) in [6.45, 7) is 0. The lowest BCUT2D eigenvalue weighted by Crippen LogP contribution is -2.37. The van der Waals surface area contributed by atoms with Crippen molar-refractivity contribution in [2.75, 3.05) is 12.4 Å². The number of amides is 2. The van der Waals surface area contributed by atoms with Crippen molar-refractivity contribution < 1.29 is 14.3 Å². The number of hydrogen-bond donors (Lipinski definition) is 2. The first-order valence-electron chi connectivity index (χ1n) is 5.54. The molecule has 2 rings (SSSR count). The third-order valence-electron chi connectivity index (χ3n) is 2.73. The minimum absolute atomic E-state index is 0.0777. The van der Waals surface area contributed by atoms with Crippen molar-refractivity contribution in [3.63, 3.8) is 0 Å². The van der Waals surface area contributed by atoms with E-state index >= 15 is 0 Å². The second kappa shape index (κ2) is 5.39. The molecule has 1 heterocycles. The molecule has 2 N–H and O–H groups in total. The number of carbonyl (C=O) groups excluding carboxylic acids is 2. The number of methoxy groups -OCH3 is 1. The van der Waals surface area contributed by atoms with Gasteiger partial charge in [0.2, 0.25) is 11.8 Å². The third kappa shape index (κ3) is 2.81. The Morgan fingerprint density at radius 3 is 2.89 bits per heavy atom. The van der Waals surface area contributed by atoms with Crippen LogP contribution < -0.4 is 15.4 Å². The SMILES string of the molecule is COc1ccc(NC(=O)C2CCC(=O)N2)cc1Br. The Kier molecular flexibility index (Phi) is 3.86. The standard InChI is InChI=1S/C12H13BrN2O3/c1-18-10-4-2-7(6-8(10)13)14-12(17)9-3-5-11(16)15-9/h2,4,6,9H,3,5H2,1H3,(H,14,17)(H,15,16). The van der Waals surface area contributed by atoms with Gasteiger partial charge in [-0.1, -0.05) is 0 Å². The van der Waals surface area contributed by atoms with Crippen molar-refractivity contribution in [3.8, 4) is 5.75 Å². The van der Waals surface area contributed by atoms with Crippen LogP contribution in [0, 0.1) is 0 Å². The average Bonchev–Trinajstić information content (AvgIpc) is 2.76. The van der Waals surface area contributed by atoms with Crippen LogP contribution >= 0.6 is 15.9 Å². The molecular formula is C12H13BrN2O3. The molecule has 1 fully saturated rings. The number of carbonyl (C=O) groups is 2. The number of ether oxygens (including phenoxy) is 1. The van der Waals surface area contributed by atoms with E-state index in [4.69, 9.17) is 4.74 Å². The van der Waals surface area contributed by atoms with Gasteiger partial charge in [-0.25, -0.2) is 0 Å². The van der Waals surface area contributed by atoms with Crippen LogP contribution in [0.2, 0.25) is 0 Å². The summed E-state index contributed by atoms with van der Waals surface area (Å²) in [6.07, 6.45) is 0.951. The second-order valence-corrected chi connectivity index (χ2v) is 4.85. The van der Waals surface area contributed by atoms with E-state index in [0.29, 0.717) is 24.3 Å². The number of nitrogens with one attached hydrogen (secondary N) is 2. The molecule has 0 radical (unpaired) electrons. The smallest absolute Gasteiger partial charge is 0.246 e. The van der Waals surface area contributed by atoms with E-state index in [1.807, 2.05) is 0 Å². The van der Waals surface area contributed by atoms with Crippen molar-refractivity contribution in [2.24, 2.45) is 0 Å². The van der Waals surface area contributed by atoms with E-state index in [2.05, 4.69) is 26.6 Å². The van der Waals surface area contributed by atoms with Crippen LogP contribution in [0.5, 0.6) is 5.75 Å². The molecule has 6 heteroatoms. The van der Waals surface area contributed by atoms with E-state index in [1.165, 1.54) is 0 Å². The third-order valence-corrected chi connectivity index (χ3v) is 3.35. The fourth-order valence-electron chi connectivity index (χ4n) is 1.78. The minimum Gasteiger partial charge on any atom is -0.496 e. The molecule has 0 bridgehead atoms. The topological polar surface area (TPSA) is 67.4 Å². The second-order valence-electron chi connectivity index (χ2n) is 4.00. The Morgan fingerprint density at radius 2 is 2.33 bits per heavy atom. The van der Waals surface area contributed by atoms with E-state index < -0.39 is 6.04 Å². The zero-order valence-electron chi connectivity index (χ0n) is 9.83. The first-order valence-corrected chi connectivity index (χ1v) is 6.33. The highest BCUT2D eigenvalue weighted by atomic mass is 79.9. The Bertz CT molecular complexity index is 490. The number of anilines is 1. The minimum atomic E-state index is -0.432. The fourth-order valence-corrected chi connectivity index (χ4v) is 2.32. The maximum Gasteiger partial charge on any atom is 0.246 e. The van der Waals surface area contributed by atoms with Gasteiger partial charge < -0.3 is 15.4 Å². The first kappa shape index (κ1) is 12.9. The first-order chi connectivity index (χ1) is 8.60. The van der Waals surface area contributed by atoms with Crippen molar-refractivity contribution >= 4 is 33.4 Å². The van der Waals surface area contributed by atoms with Gasteiger partial charge in [0.05, 0.1) is 11.6 Å². The zero-order valence-corrected chi connectivity index (χ0v) is 11.4. The summed E-state index contributed by atoms with van der Waals surface area (Å²) in [5, 5.41) is 5.38. The number of rotatable bonds is 3. The Hall–Kier alpha value is -1.56. The normalized spacial score (nSPS) is 18.3. The molecule has 0 aromatic heterocycles. The van der Waals surface area contributed by atoms with Gasteiger partial charge in [-0.2, -0.15) is 0 Å². The summed E-state index contributed by atoms with van der Waals surface area (Å²) in [5.41, 5.74) is 0.661. The van der Waals surface area contributed by atoms with Crippen molar-refractivity contribution in [2.45, 2.75) is 18.9 Å². The lowest BCUT2D eigenvalue weighted by molar-refractivity contribution is -0.122. The molecule has 2 amide bonds. The Labute approximate surface area is 113 Å². The lowest BCUT2D eigenvalue weighted by atomic mass is 10.2. The molecule has 1 unspecified atom stereocenters. The van der Waals surface area contributed by atoms with Crippen LogP contribution in [0.15, 0.2) is 22.7 Å². The zero-order chi connectivity index (χ0) is 13.1. The monoisotopic (exact) mass is 312 g/mol. The highest BCUT2D eigenvalue weighted by Crippen LogP contribution is 2.27. The molecule has 1 aliphatic heterocycles. The summed E-state index contributed by atoms with van der Waals surface area (Å²) >= 11 is 3.34. The molecule has 1 atom stereocenters. The van der Waals surface area contributed by atoms with Crippen LogP contribution in [0.25, 0.3) is 0 Å². The fraction of sp³-hybridized carbons (Fsp3) is 0.333. The molecule has 5 nitrogen and oxygen atoms in total. The van der Waals surface area contributed by atoms with E-state index in [-0.39, 0.29) is 11.8 Å². The summed E-state index contributed by atoms with van der Waals surface area (Å²) in [5.74, 6) is 0.422. The number of halogens is 1. The van der Waals surface area contributed by atoms with Crippen LogP contribution in [-0.2, 0) is 9.59 Å². The molecule has 0 spiro atoms. The molecule has 1 saturated heterocycles. The van der Waals surface area contributed by atoms with Gasteiger partial charge in [-0.05, 0) is 40.5 Å². The van der Waals surface area contributed by atoms with E-state index in [0.717, 1.165) is 4.47 Å². The Balaban J connectivity index is 2.03. The largest absolute Gasteiger partial charge is 0.496 e. The van der Waals surface area contributed by atoms with Gasteiger partial charge >= 0.3 is 0 Å². The molecule has 1 aromatic rings. The quantitative estimate of drug-likeness (QED) is 0.892. The highest BCUT2D eigenvalue weighted by molar-refractivity contribution is 9.10. The van der Waals surface area contributed by atoms with Gasteiger partial charge in [-0.3, -0.25) is 9.59 Å². The Morgan fingerprint density at radius 1 is 1.56 bits per heavy atom. The molecule has 1 aromatic carbocycles. The molecule has 1 aliphatic rings. The summed E-state index contributed by atoms with van der Waals surface area (Å²) in [4.78, 5) is 22.9. The van der Waals surface area contributed by atoms with Crippen LogP contribution in [0.4, 0.5) is 5.69 Å². The van der Waals surface area contributed by atoms with Crippen LogP contribution in [-0.4, -0.2) is 25.0 Å². The van der Waals surface area contributed by atoms with Gasteiger partial charge in [-0.15, -0.1) is 0 Å². The summed E-state index contributed by atoms with van der Waals surface area (Å²) < 4.78 is 5.86. The molecular weight excluding hydrogens is 300 g/mol. The predicted octanol–water partition coefficient (Wildman–Crippen LogP) is 1.67. The van der Waals surface area contributed by atoms with Gasteiger partial charge in [0.25, 0.3) is 0 Å². The average molecular weight is 313 g/mol. The summed E-state index contributed by atoms with van der Waals surface area (Å²) in [6, 6.07) is 4.83. The molecule has 96 valence electrons. The lowest BCUT2D eigenvalue weighted by Gasteiger charge is -2.12. The number of hydrogen-bond acceptors (Lipinski definition) is 3. The molecule has 0 saturated carbocycles. The maximum absolute atomic E-state index is 11.9. The van der Waals surface area contributed by atoms with Crippen LogP contribution in [0.1, 0.15) is 12.8 Å². The van der Waals surface area contributed by atoms with Crippen molar-refractivity contribution in [3.05, 3.63) is 22.7 Å². The highest BCUT2D eigenvalue weighted by Gasteiger charge is 2.27. The predicted molar refractivity (Wildman–Crippen MR) is 70.5 cm³/mol. The molecule has 0 aliphatic carbocycles. The maximum atomic E-state index is 11.9. The van der Waals surface area contributed by atoms with Gasteiger partial charge in [0.1, 0.15) is 11.8 Å². The van der Waals surface area contributed by atoms with Crippen molar-refractivity contribution in [1.29, 1.82) is 0 Å². The van der Waals surface area contributed by atoms with Crippen LogP contribution in [0.3, 0.4) is 0 Å². The van der Waals surface area contributed by atoms with E-state index in [1.54, 1.807) is 25.3 Å². The molecule has 18 heavy (non-hydrogen) atoms. The van der Waals surface area contributed by atoms with Gasteiger partial charge in [0, 0.05) is 12.1 Å². The van der Waals surface area contributed by atoms with Gasteiger partial charge in [0.15, 0.2) is 0 Å². The summed E-state index contributed by atoms with van der Waals surface area (Å²) in [7, 11) is 1.58. The number of benzene rings is 1. The van der Waals surface area contributed by atoms with E-state index in [9.17, 15) is 9.59 Å².